The maximum atomic E-state index is 11.8. The monoisotopic (exact) mass is 357 g/mol. The summed E-state index contributed by atoms with van der Waals surface area (Å²) >= 11 is 8.50. The minimum absolute atomic E-state index is 0.0542. The number of thioether (sulfide) groups is 1. The molecule has 118 valence electrons. The molecule has 0 aliphatic carbocycles. The van der Waals surface area contributed by atoms with E-state index >= 15 is 0 Å². The Morgan fingerprint density at radius 3 is 2.77 bits per heavy atom. The zero-order valence-corrected chi connectivity index (χ0v) is 14.6. The normalized spacial score (nSPS) is 10.7. The number of hydrogen-bond acceptors (Lipinski definition) is 6. The zero-order chi connectivity index (χ0) is 15.9. The molecule has 1 aromatic carbocycles. The third-order valence-electron chi connectivity index (χ3n) is 2.45. The number of aromatic nitrogens is 2. The lowest BCUT2D eigenvalue weighted by Crippen LogP contribution is -2.24. The zero-order valence-electron chi connectivity index (χ0n) is 12.2. The third kappa shape index (κ3) is 5.82. The van der Waals surface area contributed by atoms with Crippen molar-refractivity contribution >= 4 is 40.6 Å². The number of carbonyl (C=O) groups is 1. The third-order valence-corrected chi connectivity index (χ3v) is 4.65. The van der Waals surface area contributed by atoms with Crippen molar-refractivity contribution in [2.24, 2.45) is 0 Å². The summed E-state index contributed by atoms with van der Waals surface area (Å²) in [6.45, 7) is 4.34. The first kappa shape index (κ1) is 17.1. The Balaban J connectivity index is 1.73. The van der Waals surface area contributed by atoms with E-state index in [0.29, 0.717) is 22.5 Å². The van der Waals surface area contributed by atoms with Crippen molar-refractivity contribution in [1.29, 1.82) is 0 Å². The molecule has 8 heteroatoms. The number of hydrogen-bond donors (Lipinski definition) is 1. The molecule has 5 nitrogen and oxygen atoms in total. The van der Waals surface area contributed by atoms with Gasteiger partial charge in [-0.2, -0.15) is 0 Å². The van der Waals surface area contributed by atoms with Crippen molar-refractivity contribution in [3.63, 3.8) is 0 Å². The van der Waals surface area contributed by atoms with Gasteiger partial charge < -0.3 is 10.1 Å². The second kappa shape index (κ2) is 8.36. The minimum Gasteiger partial charge on any atom is -0.466 e. The molecule has 2 rings (SSSR count). The van der Waals surface area contributed by atoms with Gasteiger partial charge in [0.05, 0.1) is 11.9 Å². The molecular formula is C14H16ClN3O2S2. The fourth-order valence-electron chi connectivity index (χ4n) is 1.49. The van der Waals surface area contributed by atoms with Crippen LogP contribution in [-0.2, 0) is 11.3 Å². The summed E-state index contributed by atoms with van der Waals surface area (Å²) in [5.74, 6) is 0.241. The van der Waals surface area contributed by atoms with E-state index in [1.807, 2.05) is 26.0 Å². The minimum atomic E-state index is -0.0542. The van der Waals surface area contributed by atoms with Gasteiger partial charge in [-0.3, -0.25) is 4.79 Å². The summed E-state index contributed by atoms with van der Waals surface area (Å²) < 4.78 is 6.16. The Labute approximate surface area is 142 Å². The highest BCUT2D eigenvalue weighted by atomic mass is 35.5. The van der Waals surface area contributed by atoms with Crippen LogP contribution in [0.15, 0.2) is 28.6 Å². The average Bonchev–Trinajstić information content (AvgIpc) is 2.91. The van der Waals surface area contributed by atoms with Crippen molar-refractivity contribution in [1.82, 2.24) is 15.5 Å². The van der Waals surface area contributed by atoms with Gasteiger partial charge in [0.25, 0.3) is 5.19 Å². The lowest BCUT2D eigenvalue weighted by molar-refractivity contribution is -0.118. The van der Waals surface area contributed by atoms with E-state index < -0.39 is 0 Å². The van der Waals surface area contributed by atoms with Gasteiger partial charge in [-0.25, -0.2) is 0 Å². The second-order valence-corrected chi connectivity index (χ2v) is 7.29. The molecule has 0 spiro atoms. The first-order chi connectivity index (χ1) is 10.5. The molecule has 0 aliphatic rings. The number of ether oxygens (including phenoxy) is 1. The fraction of sp³-hybridized carbons (Fsp3) is 0.357. The molecule has 0 unspecified atom stereocenters. The van der Waals surface area contributed by atoms with Gasteiger partial charge in [0, 0.05) is 11.6 Å². The first-order valence-electron chi connectivity index (χ1n) is 6.67. The van der Waals surface area contributed by atoms with E-state index in [1.165, 1.54) is 23.1 Å². The van der Waals surface area contributed by atoms with Crippen LogP contribution in [0.3, 0.4) is 0 Å². The molecule has 0 atom stereocenters. The number of rotatable bonds is 7. The molecule has 0 saturated heterocycles. The summed E-state index contributed by atoms with van der Waals surface area (Å²) in [6.07, 6.45) is 0.0634. The van der Waals surface area contributed by atoms with Crippen LogP contribution in [0.1, 0.15) is 19.4 Å². The maximum Gasteiger partial charge on any atom is 0.295 e. The molecule has 0 fully saturated rings. The van der Waals surface area contributed by atoms with Gasteiger partial charge in [0.1, 0.15) is 0 Å². The molecule has 0 saturated carbocycles. The van der Waals surface area contributed by atoms with E-state index in [1.54, 1.807) is 12.1 Å². The largest absolute Gasteiger partial charge is 0.466 e. The molecule has 1 amide bonds. The second-order valence-electron chi connectivity index (χ2n) is 4.69. The van der Waals surface area contributed by atoms with Crippen molar-refractivity contribution < 1.29 is 9.53 Å². The van der Waals surface area contributed by atoms with Crippen LogP contribution >= 0.6 is 34.7 Å². The molecule has 2 aromatic rings. The Hall–Kier alpha value is -1.31. The number of benzene rings is 1. The number of halogens is 1. The van der Waals surface area contributed by atoms with E-state index in [0.717, 1.165) is 9.90 Å². The van der Waals surface area contributed by atoms with Crippen LogP contribution in [0.25, 0.3) is 0 Å². The highest BCUT2D eigenvalue weighted by Crippen LogP contribution is 2.27. The molecule has 0 aliphatic heterocycles. The van der Waals surface area contributed by atoms with Gasteiger partial charge >= 0.3 is 0 Å². The summed E-state index contributed by atoms with van der Waals surface area (Å²) in [6, 6.07) is 7.37. The van der Waals surface area contributed by atoms with Gasteiger partial charge in [0.2, 0.25) is 5.91 Å². The SMILES string of the molecule is CC(C)Oc1nnc(SCC(=O)NCc2ccc(Cl)cc2)s1. The Kier molecular flexibility index (Phi) is 6.48. The summed E-state index contributed by atoms with van der Waals surface area (Å²) in [5.41, 5.74) is 1.01. The standard InChI is InChI=1S/C14H16ClN3O2S2/c1-9(2)20-13-17-18-14(22-13)21-8-12(19)16-7-10-3-5-11(15)6-4-10/h3-6,9H,7-8H2,1-2H3,(H,16,19). The highest BCUT2D eigenvalue weighted by molar-refractivity contribution is 8.01. The predicted molar refractivity (Wildman–Crippen MR) is 89.7 cm³/mol. The lowest BCUT2D eigenvalue weighted by atomic mass is 10.2. The number of nitrogens with one attached hydrogen (secondary N) is 1. The Bertz CT molecular complexity index is 617. The van der Waals surface area contributed by atoms with Gasteiger partial charge in [-0.1, -0.05) is 40.6 Å². The molecule has 1 N–H and O–H groups in total. The van der Waals surface area contributed by atoms with Gasteiger partial charge in [-0.15, -0.1) is 5.10 Å². The van der Waals surface area contributed by atoms with E-state index in [4.69, 9.17) is 16.3 Å². The van der Waals surface area contributed by atoms with Crippen molar-refractivity contribution in [3.8, 4) is 5.19 Å². The van der Waals surface area contributed by atoms with Crippen molar-refractivity contribution in [2.45, 2.75) is 30.8 Å². The van der Waals surface area contributed by atoms with Crippen LogP contribution in [0, 0.1) is 0 Å². The van der Waals surface area contributed by atoms with Crippen LogP contribution in [-0.4, -0.2) is 28.0 Å². The van der Waals surface area contributed by atoms with Crippen LogP contribution < -0.4 is 10.1 Å². The van der Waals surface area contributed by atoms with Crippen LogP contribution in [0.5, 0.6) is 5.19 Å². The van der Waals surface area contributed by atoms with E-state index in [9.17, 15) is 4.79 Å². The molecular weight excluding hydrogens is 342 g/mol. The number of carbonyl (C=O) groups excluding carboxylic acids is 1. The average molecular weight is 358 g/mol. The number of amides is 1. The Morgan fingerprint density at radius 2 is 2.09 bits per heavy atom. The van der Waals surface area contributed by atoms with E-state index in [-0.39, 0.29) is 12.0 Å². The van der Waals surface area contributed by atoms with Crippen LogP contribution in [0.2, 0.25) is 5.02 Å². The van der Waals surface area contributed by atoms with Crippen LogP contribution in [0.4, 0.5) is 0 Å². The lowest BCUT2D eigenvalue weighted by Gasteiger charge is -2.04. The quantitative estimate of drug-likeness (QED) is 0.769. The predicted octanol–water partition coefficient (Wildman–Crippen LogP) is 3.39. The Morgan fingerprint density at radius 1 is 1.36 bits per heavy atom. The molecule has 1 heterocycles. The van der Waals surface area contributed by atoms with Gasteiger partial charge in [-0.05, 0) is 42.9 Å². The summed E-state index contributed by atoms with van der Waals surface area (Å²) in [5, 5.41) is 12.0. The summed E-state index contributed by atoms with van der Waals surface area (Å²) in [7, 11) is 0. The highest BCUT2D eigenvalue weighted by Gasteiger charge is 2.09. The molecule has 0 bridgehead atoms. The van der Waals surface area contributed by atoms with E-state index in [2.05, 4.69) is 15.5 Å². The van der Waals surface area contributed by atoms with Crippen molar-refractivity contribution in [3.05, 3.63) is 34.9 Å². The first-order valence-corrected chi connectivity index (χ1v) is 8.85. The topological polar surface area (TPSA) is 64.1 Å². The molecule has 1 aromatic heterocycles. The fourth-order valence-corrected chi connectivity index (χ4v) is 3.25. The van der Waals surface area contributed by atoms with Gasteiger partial charge in [0.15, 0.2) is 4.34 Å². The number of nitrogens with zero attached hydrogens (tertiary/aromatic N) is 2. The molecule has 22 heavy (non-hydrogen) atoms. The maximum absolute atomic E-state index is 11.8. The van der Waals surface area contributed by atoms with Crippen molar-refractivity contribution in [2.75, 3.05) is 5.75 Å². The smallest absolute Gasteiger partial charge is 0.295 e. The summed E-state index contributed by atoms with van der Waals surface area (Å²) in [4.78, 5) is 11.8. The molecule has 0 radical (unpaired) electrons.